The van der Waals surface area contributed by atoms with E-state index < -0.39 is 17.9 Å². The molecule has 0 aromatic heterocycles. The first kappa shape index (κ1) is 19.9. The summed E-state index contributed by atoms with van der Waals surface area (Å²) in [6, 6.07) is 12.8. The number of carbonyl (C=O) groups is 2. The predicted molar refractivity (Wildman–Crippen MR) is 103 cm³/mol. The van der Waals surface area contributed by atoms with Crippen LogP contribution in [0, 0.1) is 11.7 Å². The maximum absolute atomic E-state index is 13.3. The van der Waals surface area contributed by atoms with E-state index in [9.17, 15) is 19.1 Å². The molecule has 1 amide bonds. The molecule has 0 bridgehead atoms. The van der Waals surface area contributed by atoms with Crippen LogP contribution >= 0.6 is 0 Å². The maximum atomic E-state index is 13.3. The molecular weight excluding hydrogens is 361 g/mol. The average Bonchev–Trinajstić information content (AvgIpc) is 2.68. The van der Waals surface area contributed by atoms with Gasteiger partial charge < -0.3 is 14.7 Å². The van der Waals surface area contributed by atoms with E-state index in [0.717, 1.165) is 18.4 Å². The van der Waals surface area contributed by atoms with E-state index in [0.29, 0.717) is 36.7 Å². The summed E-state index contributed by atoms with van der Waals surface area (Å²) in [5.41, 5.74) is 1.18. The Morgan fingerprint density at radius 3 is 2.57 bits per heavy atom. The summed E-state index contributed by atoms with van der Waals surface area (Å²) >= 11 is 0. The lowest BCUT2D eigenvalue weighted by Gasteiger charge is -2.33. The van der Waals surface area contributed by atoms with Crippen LogP contribution in [0.15, 0.2) is 48.5 Å². The summed E-state index contributed by atoms with van der Waals surface area (Å²) < 4.78 is 18.8. The summed E-state index contributed by atoms with van der Waals surface area (Å²) in [6.07, 6.45) is 1.63. The second-order valence-corrected chi connectivity index (χ2v) is 7.15. The lowest BCUT2D eigenvalue weighted by molar-refractivity contribution is -0.139. The number of benzene rings is 2. The van der Waals surface area contributed by atoms with Crippen LogP contribution in [0.5, 0.6) is 5.75 Å². The van der Waals surface area contributed by atoms with Gasteiger partial charge in [-0.1, -0.05) is 24.3 Å². The third kappa shape index (κ3) is 4.88. The van der Waals surface area contributed by atoms with Crippen molar-refractivity contribution in [3.8, 4) is 5.75 Å². The number of carboxylic acid groups (broad SMARTS) is 1. The Morgan fingerprint density at radius 2 is 1.89 bits per heavy atom. The van der Waals surface area contributed by atoms with Crippen molar-refractivity contribution in [3.05, 3.63) is 65.5 Å². The number of amides is 1. The molecule has 1 aliphatic rings. The van der Waals surface area contributed by atoms with Gasteiger partial charge in [-0.2, -0.15) is 0 Å². The lowest BCUT2D eigenvalue weighted by Crippen LogP contribution is -2.45. The van der Waals surface area contributed by atoms with Gasteiger partial charge in [0.1, 0.15) is 11.6 Å². The minimum Gasteiger partial charge on any atom is -0.481 e. The fraction of sp³-hybridized carbons (Fsp3) is 0.364. The first-order valence-corrected chi connectivity index (χ1v) is 9.46. The summed E-state index contributed by atoms with van der Waals surface area (Å²) in [5.74, 6) is -0.759. The van der Waals surface area contributed by atoms with Crippen LogP contribution in [-0.4, -0.2) is 41.1 Å². The summed E-state index contributed by atoms with van der Waals surface area (Å²) in [4.78, 5) is 25.8. The van der Waals surface area contributed by atoms with Crippen molar-refractivity contribution in [2.24, 2.45) is 5.92 Å². The van der Waals surface area contributed by atoms with Gasteiger partial charge in [0.2, 0.25) is 0 Å². The van der Waals surface area contributed by atoms with Gasteiger partial charge in [0.25, 0.3) is 5.91 Å². The van der Waals surface area contributed by atoms with Crippen LogP contribution in [0.3, 0.4) is 0 Å². The predicted octanol–water partition coefficient (Wildman–Crippen LogP) is 3.77. The van der Waals surface area contributed by atoms with Gasteiger partial charge in [-0.05, 0) is 55.9 Å². The van der Waals surface area contributed by atoms with E-state index in [4.69, 9.17) is 4.74 Å². The van der Waals surface area contributed by atoms with E-state index in [1.807, 2.05) is 12.1 Å². The van der Waals surface area contributed by atoms with Crippen LogP contribution in [0.4, 0.5) is 4.39 Å². The lowest BCUT2D eigenvalue weighted by atomic mass is 9.88. The molecule has 1 heterocycles. The van der Waals surface area contributed by atoms with Crippen molar-refractivity contribution in [3.63, 3.8) is 0 Å². The minimum absolute atomic E-state index is 0.117. The monoisotopic (exact) mass is 385 g/mol. The maximum Gasteiger partial charge on any atom is 0.335 e. The molecule has 5 nitrogen and oxygen atoms in total. The molecular formula is C22H24FNO4. The summed E-state index contributed by atoms with van der Waals surface area (Å²) in [7, 11) is 0. The first-order chi connectivity index (χ1) is 13.4. The molecule has 6 heteroatoms. The smallest absolute Gasteiger partial charge is 0.335 e. The number of ether oxygens (including phenoxy) is 1. The molecule has 28 heavy (non-hydrogen) atoms. The molecule has 2 aromatic carbocycles. The number of likely N-dealkylation sites (tertiary alicyclic amines) is 1. The van der Waals surface area contributed by atoms with Gasteiger partial charge in [0.15, 0.2) is 6.10 Å². The number of nitrogens with zero attached hydrogens (tertiary/aromatic N) is 1. The van der Waals surface area contributed by atoms with Gasteiger partial charge in [-0.3, -0.25) is 4.79 Å². The van der Waals surface area contributed by atoms with Crippen LogP contribution in [0.2, 0.25) is 0 Å². The quantitative estimate of drug-likeness (QED) is 0.822. The van der Waals surface area contributed by atoms with Gasteiger partial charge >= 0.3 is 5.97 Å². The van der Waals surface area contributed by atoms with Gasteiger partial charge in [0, 0.05) is 19.2 Å². The molecule has 1 aliphatic heterocycles. The molecule has 1 atom stereocenters. The molecule has 0 spiro atoms. The number of rotatable bonds is 6. The summed E-state index contributed by atoms with van der Waals surface area (Å²) in [6.45, 7) is 2.88. The zero-order chi connectivity index (χ0) is 20.1. The van der Waals surface area contributed by atoms with E-state index in [1.54, 1.807) is 36.1 Å². The molecule has 0 radical (unpaired) electrons. The molecule has 1 unspecified atom stereocenters. The molecule has 0 saturated carbocycles. The third-order valence-electron chi connectivity index (χ3n) is 5.14. The molecule has 2 aromatic rings. The molecule has 1 saturated heterocycles. The van der Waals surface area contributed by atoms with E-state index in [2.05, 4.69) is 0 Å². The normalized spacial score (nSPS) is 15.9. The summed E-state index contributed by atoms with van der Waals surface area (Å²) in [5, 5.41) is 9.32. The van der Waals surface area contributed by atoms with Gasteiger partial charge in [-0.15, -0.1) is 0 Å². The van der Waals surface area contributed by atoms with Crippen molar-refractivity contribution in [2.45, 2.75) is 32.3 Å². The average molecular weight is 385 g/mol. The first-order valence-electron chi connectivity index (χ1n) is 9.46. The van der Waals surface area contributed by atoms with E-state index in [1.165, 1.54) is 12.1 Å². The van der Waals surface area contributed by atoms with Crippen LogP contribution in [0.25, 0.3) is 0 Å². The fourth-order valence-electron chi connectivity index (χ4n) is 3.63. The minimum atomic E-state index is -0.911. The Bertz CT molecular complexity index is 846. The number of halogens is 1. The van der Waals surface area contributed by atoms with E-state index >= 15 is 0 Å². The Balaban J connectivity index is 1.53. The highest BCUT2D eigenvalue weighted by Gasteiger charge is 2.27. The van der Waals surface area contributed by atoms with Crippen LogP contribution in [-0.2, 0) is 11.2 Å². The fourth-order valence-corrected chi connectivity index (χ4v) is 3.63. The topological polar surface area (TPSA) is 66.8 Å². The second kappa shape index (κ2) is 8.87. The molecule has 1 N–H and O–H groups in total. The Hall–Kier alpha value is -2.89. The van der Waals surface area contributed by atoms with Crippen molar-refractivity contribution in [2.75, 3.05) is 13.1 Å². The zero-order valence-electron chi connectivity index (χ0n) is 15.8. The molecule has 0 aliphatic carbocycles. The van der Waals surface area contributed by atoms with Gasteiger partial charge in [-0.25, -0.2) is 9.18 Å². The Morgan fingerprint density at radius 1 is 1.18 bits per heavy atom. The SMILES string of the molecule is CC(Oc1cccc(F)c1)C(=O)N1CCC(Cc2ccccc2C(=O)O)CC1. The van der Waals surface area contributed by atoms with Crippen LogP contribution in [0.1, 0.15) is 35.7 Å². The van der Waals surface area contributed by atoms with Crippen molar-refractivity contribution in [1.29, 1.82) is 0 Å². The number of hydrogen-bond acceptors (Lipinski definition) is 3. The van der Waals surface area contributed by atoms with Gasteiger partial charge in [0.05, 0.1) is 5.56 Å². The zero-order valence-corrected chi connectivity index (χ0v) is 15.8. The Labute approximate surface area is 163 Å². The van der Waals surface area contributed by atoms with Crippen molar-refractivity contribution < 1.29 is 23.8 Å². The highest BCUT2D eigenvalue weighted by molar-refractivity contribution is 5.89. The highest BCUT2D eigenvalue weighted by atomic mass is 19.1. The van der Waals surface area contributed by atoms with Crippen molar-refractivity contribution in [1.82, 2.24) is 4.90 Å². The standard InChI is InChI=1S/C22H24FNO4/c1-15(28-19-7-4-6-18(23)14-19)21(25)24-11-9-16(10-12-24)13-17-5-2-3-8-20(17)22(26)27/h2-8,14-16H,9-13H2,1H3,(H,26,27). The number of aromatic carboxylic acids is 1. The molecule has 3 rings (SSSR count). The number of piperidine rings is 1. The number of hydrogen-bond donors (Lipinski definition) is 1. The highest BCUT2D eigenvalue weighted by Crippen LogP contribution is 2.24. The number of carboxylic acids is 1. The second-order valence-electron chi connectivity index (χ2n) is 7.15. The molecule has 148 valence electrons. The third-order valence-corrected chi connectivity index (χ3v) is 5.14. The number of carbonyl (C=O) groups excluding carboxylic acids is 1. The molecule has 1 fully saturated rings. The van der Waals surface area contributed by atoms with Crippen LogP contribution < -0.4 is 4.74 Å². The largest absolute Gasteiger partial charge is 0.481 e. The van der Waals surface area contributed by atoms with E-state index in [-0.39, 0.29) is 5.91 Å². The Kier molecular flexibility index (Phi) is 6.29. The van der Waals surface area contributed by atoms with Crippen molar-refractivity contribution >= 4 is 11.9 Å².